The summed E-state index contributed by atoms with van der Waals surface area (Å²) in [6, 6.07) is 6.93. The molecule has 0 bridgehead atoms. The van der Waals surface area contributed by atoms with Crippen LogP contribution in [-0.2, 0) is 16.0 Å². The molecule has 1 aromatic rings. The fourth-order valence-corrected chi connectivity index (χ4v) is 2.47. The lowest BCUT2D eigenvalue weighted by Gasteiger charge is -2.22. The van der Waals surface area contributed by atoms with Gasteiger partial charge in [-0.05, 0) is 18.9 Å². The van der Waals surface area contributed by atoms with Crippen molar-refractivity contribution in [2.75, 3.05) is 13.7 Å². The molecule has 0 saturated carbocycles. The van der Waals surface area contributed by atoms with Crippen LogP contribution in [0.4, 0.5) is 0 Å². The monoisotopic (exact) mass is 262 g/mol. The highest BCUT2D eigenvalue weighted by molar-refractivity contribution is 5.88. The number of carbonyl (C=O) groups excluding carboxylic acids is 2. The molecule has 1 aliphatic heterocycles. The molecule has 5 heteroatoms. The molecule has 102 valence electrons. The SMILES string of the molecule is COc1ccccc1CC(=O)N1CCCC1C(N)=O. The minimum absolute atomic E-state index is 0.0780. The molecule has 0 radical (unpaired) electrons. The molecule has 0 spiro atoms. The van der Waals surface area contributed by atoms with Crippen molar-refractivity contribution in [3.63, 3.8) is 0 Å². The maximum Gasteiger partial charge on any atom is 0.240 e. The second-order valence-electron chi connectivity index (χ2n) is 4.64. The third kappa shape index (κ3) is 2.86. The Morgan fingerprint density at radius 2 is 2.16 bits per heavy atom. The Balaban J connectivity index is 2.10. The minimum atomic E-state index is -0.456. The molecule has 2 N–H and O–H groups in total. The van der Waals surface area contributed by atoms with Gasteiger partial charge in [0.15, 0.2) is 0 Å². The Bertz CT molecular complexity index is 487. The fourth-order valence-electron chi connectivity index (χ4n) is 2.47. The van der Waals surface area contributed by atoms with Gasteiger partial charge in [0.1, 0.15) is 11.8 Å². The van der Waals surface area contributed by atoms with Crippen LogP contribution in [0.3, 0.4) is 0 Å². The van der Waals surface area contributed by atoms with Crippen molar-refractivity contribution >= 4 is 11.8 Å². The van der Waals surface area contributed by atoms with Gasteiger partial charge < -0.3 is 15.4 Å². The van der Waals surface area contributed by atoms with Gasteiger partial charge in [0.2, 0.25) is 11.8 Å². The highest BCUT2D eigenvalue weighted by atomic mass is 16.5. The summed E-state index contributed by atoms with van der Waals surface area (Å²) < 4.78 is 5.22. The van der Waals surface area contributed by atoms with Gasteiger partial charge in [-0.3, -0.25) is 9.59 Å². The molecule has 1 aromatic carbocycles. The third-order valence-corrected chi connectivity index (χ3v) is 3.44. The molecule has 1 heterocycles. The van der Waals surface area contributed by atoms with Crippen LogP contribution in [-0.4, -0.2) is 36.4 Å². The number of hydrogen-bond acceptors (Lipinski definition) is 3. The van der Waals surface area contributed by atoms with E-state index in [-0.39, 0.29) is 12.3 Å². The second kappa shape index (κ2) is 5.73. The average Bonchev–Trinajstić information content (AvgIpc) is 2.88. The zero-order valence-electron chi connectivity index (χ0n) is 11.0. The van der Waals surface area contributed by atoms with E-state index in [1.807, 2.05) is 24.3 Å². The first-order valence-corrected chi connectivity index (χ1v) is 6.34. The number of nitrogens with two attached hydrogens (primary N) is 1. The average molecular weight is 262 g/mol. The number of hydrogen-bond donors (Lipinski definition) is 1. The number of carbonyl (C=O) groups is 2. The van der Waals surface area contributed by atoms with E-state index in [0.29, 0.717) is 18.7 Å². The summed E-state index contributed by atoms with van der Waals surface area (Å²) in [4.78, 5) is 25.1. The molecule has 2 amide bonds. The number of rotatable bonds is 4. The van der Waals surface area contributed by atoms with Gasteiger partial charge in [0.25, 0.3) is 0 Å². The highest BCUT2D eigenvalue weighted by Crippen LogP contribution is 2.22. The molecule has 1 atom stereocenters. The number of para-hydroxylation sites is 1. The summed E-state index contributed by atoms with van der Waals surface area (Å²) in [6.07, 6.45) is 1.71. The zero-order valence-corrected chi connectivity index (χ0v) is 11.0. The number of primary amides is 1. The van der Waals surface area contributed by atoms with E-state index in [1.165, 1.54) is 0 Å². The van der Waals surface area contributed by atoms with E-state index in [4.69, 9.17) is 10.5 Å². The number of benzene rings is 1. The van der Waals surface area contributed by atoms with Crippen LogP contribution in [0.2, 0.25) is 0 Å². The molecule has 2 rings (SSSR count). The topological polar surface area (TPSA) is 72.6 Å². The number of likely N-dealkylation sites (tertiary alicyclic amines) is 1. The molecule has 1 aliphatic rings. The van der Waals surface area contributed by atoms with Crippen molar-refractivity contribution < 1.29 is 14.3 Å². The molecular weight excluding hydrogens is 244 g/mol. The molecule has 0 aromatic heterocycles. The Labute approximate surface area is 112 Å². The van der Waals surface area contributed by atoms with E-state index in [0.717, 1.165) is 12.0 Å². The van der Waals surface area contributed by atoms with Crippen molar-refractivity contribution in [2.45, 2.75) is 25.3 Å². The first-order valence-electron chi connectivity index (χ1n) is 6.34. The standard InChI is InChI=1S/C14H18N2O3/c1-19-12-7-3-2-5-10(12)9-13(17)16-8-4-6-11(16)14(15)18/h2-3,5,7,11H,4,6,8-9H2,1H3,(H2,15,18). The van der Waals surface area contributed by atoms with Crippen LogP contribution in [0.1, 0.15) is 18.4 Å². The van der Waals surface area contributed by atoms with Crippen LogP contribution >= 0.6 is 0 Å². The third-order valence-electron chi connectivity index (χ3n) is 3.44. The molecule has 1 fully saturated rings. The van der Waals surface area contributed by atoms with Crippen molar-refractivity contribution in [3.8, 4) is 5.75 Å². The van der Waals surface area contributed by atoms with Crippen LogP contribution < -0.4 is 10.5 Å². The molecule has 5 nitrogen and oxygen atoms in total. The van der Waals surface area contributed by atoms with Gasteiger partial charge in [0, 0.05) is 12.1 Å². The van der Waals surface area contributed by atoms with Gasteiger partial charge in [-0.25, -0.2) is 0 Å². The molecule has 19 heavy (non-hydrogen) atoms. The molecule has 1 unspecified atom stereocenters. The molecule has 1 saturated heterocycles. The maximum absolute atomic E-state index is 12.3. The van der Waals surface area contributed by atoms with Crippen LogP contribution in [0, 0.1) is 0 Å². The summed E-state index contributed by atoms with van der Waals surface area (Å²) in [7, 11) is 1.57. The first-order chi connectivity index (χ1) is 9.13. The maximum atomic E-state index is 12.3. The summed E-state index contributed by atoms with van der Waals surface area (Å²) in [5, 5.41) is 0. The normalized spacial score (nSPS) is 18.4. The predicted octanol–water partition coefficient (Wildman–Crippen LogP) is 0.714. The second-order valence-corrected chi connectivity index (χ2v) is 4.64. The number of nitrogens with zero attached hydrogens (tertiary/aromatic N) is 1. The van der Waals surface area contributed by atoms with Crippen molar-refractivity contribution in [1.82, 2.24) is 4.90 Å². The fraction of sp³-hybridized carbons (Fsp3) is 0.429. The van der Waals surface area contributed by atoms with Gasteiger partial charge in [0.05, 0.1) is 13.5 Å². The highest BCUT2D eigenvalue weighted by Gasteiger charge is 2.32. The lowest BCUT2D eigenvalue weighted by molar-refractivity contribution is -0.136. The van der Waals surface area contributed by atoms with E-state index in [9.17, 15) is 9.59 Å². The summed E-state index contributed by atoms with van der Waals surface area (Å²) in [6.45, 7) is 0.599. The predicted molar refractivity (Wildman–Crippen MR) is 70.6 cm³/mol. The quantitative estimate of drug-likeness (QED) is 0.868. The number of methoxy groups -OCH3 is 1. The smallest absolute Gasteiger partial charge is 0.240 e. The lowest BCUT2D eigenvalue weighted by Crippen LogP contribution is -2.44. The van der Waals surface area contributed by atoms with Gasteiger partial charge >= 0.3 is 0 Å². The van der Waals surface area contributed by atoms with Gasteiger partial charge in [-0.1, -0.05) is 18.2 Å². The summed E-state index contributed by atoms with van der Waals surface area (Å²) in [5.74, 6) is 0.183. The summed E-state index contributed by atoms with van der Waals surface area (Å²) >= 11 is 0. The van der Waals surface area contributed by atoms with E-state index >= 15 is 0 Å². The van der Waals surface area contributed by atoms with Crippen molar-refractivity contribution in [2.24, 2.45) is 5.73 Å². The summed E-state index contributed by atoms with van der Waals surface area (Å²) in [5.41, 5.74) is 6.14. The first kappa shape index (κ1) is 13.4. The van der Waals surface area contributed by atoms with E-state index < -0.39 is 11.9 Å². The number of amides is 2. The van der Waals surface area contributed by atoms with Crippen molar-refractivity contribution in [3.05, 3.63) is 29.8 Å². The van der Waals surface area contributed by atoms with E-state index in [1.54, 1.807) is 12.0 Å². The Morgan fingerprint density at radius 3 is 2.84 bits per heavy atom. The Morgan fingerprint density at radius 1 is 1.42 bits per heavy atom. The molecular formula is C14H18N2O3. The largest absolute Gasteiger partial charge is 0.496 e. The van der Waals surface area contributed by atoms with Crippen LogP contribution in [0.25, 0.3) is 0 Å². The van der Waals surface area contributed by atoms with E-state index in [2.05, 4.69) is 0 Å². The minimum Gasteiger partial charge on any atom is -0.496 e. The van der Waals surface area contributed by atoms with Gasteiger partial charge in [-0.2, -0.15) is 0 Å². The zero-order chi connectivity index (χ0) is 13.8. The van der Waals surface area contributed by atoms with Crippen LogP contribution in [0.15, 0.2) is 24.3 Å². The molecule has 0 aliphatic carbocycles. The van der Waals surface area contributed by atoms with Crippen molar-refractivity contribution in [1.29, 1.82) is 0 Å². The Kier molecular flexibility index (Phi) is 4.04. The Hall–Kier alpha value is -2.04. The lowest BCUT2D eigenvalue weighted by atomic mass is 10.1. The van der Waals surface area contributed by atoms with Crippen LogP contribution in [0.5, 0.6) is 5.75 Å². The number of ether oxygens (including phenoxy) is 1. The van der Waals surface area contributed by atoms with Gasteiger partial charge in [-0.15, -0.1) is 0 Å².